The number of benzene rings is 1. The Morgan fingerprint density at radius 3 is 2.50 bits per heavy atom. The van der Waals surface area contributed by atoms with Crippen LogP contribution < -0.4 is 0 Å². The number of β-amino-alcohol motifs (C(OH)–C–C–N with tert-alkyl or cyclic N) is 2. The molecule has 0 saturated carbocycles. The third-order valence-corrected chi connectivity index (χ3v) is 3.13. The fourth-order valence-electron chi connectivity index (χ4n) is 1.88. The van der Waals surface area contributed by atoms with Gasteiger partial charge in [-0.1, -0.05) is 17.7 Å². The van der Waals surface area contributed by atoms with E-state index in [2.05, 4.69) is 0 Å². The number of hydrogen-bond acceptors (Lipinski definition) is 3. The van der Waals surface area contributed by atoms with E-state index in [9.17, 15) is 14.6 Å². The molecular weight excluding hydrogens is 233 g/mol. The molecule has 1 saturated heterocycles. The highest BCUT2D eigenvalue weighted by Crippen LogP contribution is 2.22. The third-order valence-electron chi connectivity index (χ3n) is 2.78. The van der Waals surface area contributed by atoms with Crippen LogP contribution in [0.15, 0.2) is 18.2 Å². The van der Waals surface area contributed by atoms with Crippen molar-refractivity contribution in [3.63, 3.8) is 0 Å². The minimum Gasteiger partial charge on any atom is -0.389 e. The van der Waals surface area contributed by atoms with Crippen molar-refractivity contribution in [2.75, 3.05) is 13.1 Å². The summed E-state index contributed by atoms with van der Waals surface area (Å²) in [5, 5.41) is 19.1. The Morgan fingerprint density at radius 2 is 1.94 bits per heavy atom. The number of aliphatic hydroxyl groups excluding tert-OH is 2. The Balaban J connectivity index is 2.10. The van der Waals surface area contributed by atoms with Gasteiger partial charge in [-0.15, -0.1) is 0 Å². The van der Waals surface area contributed by atoms with E-state index >= 15 is 0 Å². The van der Waals surface area contributed by atoms with E-state index in [1.165, 1.54) is 6.07 Å². The summed E-state index contributed by atoms with van der Waals surface area (Å²) in [4.78, 5) is 1.78. The molecule has 1 aliphatic rings. The van der Waals surface area contributed by atoms with Crippen LogP contribution in [0.5, 0.6) is 0 Å². The van der Waals surface area contributed by atoms with Crippen molar-refractivity contribution in [1.29, 1.82) is 0 Å². The minimum absolute atomic E-state index is 0.305. The van der Waals surface area contributed by atoms with Gasteiger partial charge in [0, 0.05) is 30.2 Å². The average Bonchev–Trinajstić information content (AvgIpc) is 2.53. The molecule has 16 heavy (non-hydrogen) atoms. The highest BCUT2D eigenvalue weighted by Gasteiger charge is 2.30. The summed E-state index contributed by atoms with van der Waals surface area (Å²) in [6.45, 7) is 0.983. The lowest BCUT2D eigenvalue weighted by molar-refractivity contribution is 0.0572. The minimum atomic E-state index is -0.759. The van der Waals surface area contributed by atoms with Crippen molar-refractivity contribution < 1.29 is 14.6 Å². The predicted octanol–water partition coefficient (Wildman–Crippen LogP) is 1.02. The molecule has 1 aliphatic heterocycles. The predicted molar refractivity (Wildman–Crippen MR) is 58.7 cm³/mol. The number of halogens is 2. The van der Waals surface area contributed by atoms with E-state index in [1.807, 2.05) is 0 Å². The molecule has 0 amide bonds. The lowest BCUT2D eigenvalue weighted by Crippen LogP contribution is -2.22. The fourth-order valence-corrected chi connectivity index (χ4v) is 2.11. The second kappa shape index (κ2) is 4.67. The summed E-state index contributed by atoms with van der Waals surface area (Å²) in [5.74, 6) is -0.358. The lowest BCUT2D eigenvalue weighted by Gasteiger charge is -2.16. The van der Waals surface area contributed by atoms with E-state index in [0.29, 0.717) is 30.2 Å². The highest BCUT2D eigenvalue weighted by molar-refractivity contribution is 6.31. The van der Waals surface area contributed by atoms with Gasteiger partial charge in [-0.25, -0.2) is 4.39 Å². The summed E-state index contributed by atoms with van der Waals surface area (Å²) >= 11 is 5.89. The maximum Gasteiger partial charge on any atom is 0.129 e. The van der Waals surface area contributed by atoms with Crippen LogP contribution in [-0.2, 0) is 6.54 Å². The van der Waals surface area contributed by atoms with Crippen molar-refractivity contribution >= 4 is 11.6 Å². The first-order chi connectivity index (χ1) is 7.58. The van der Waals surface area contributed by atoms with Crippen molar-refractivity contribution in [2.45, 2.75) is 18.8 Å². The maximum atomic E-state index is 13.5. The Hall–Kier alpha value is -0.680. The number of likely N-dealkylation sites (tertiary alicyclic amines) is 1. The van der Waals surface area contributed by atoms with Gasteiger partial charge < -0.3 is 10.2 Å². The van der Waals surface area contributed by atoms with Crippen molar-refractivity contribution in [1.82, 2.24) is 4.90 Å². The molecule has 1 aromatic rings. The normalized spacial score (nSPS) is 26.2. The summed E-state index contributed by atoms with van der Waals surface area (Å²) in [7, 11) is 0. The second-order valence-electron chi connectivity index (χ2n) is 4.03. The van der Waals surface area contributed by atoms with Crippen LogP contribution in [0.4, 0.5) is 4.39 Å². The first-order valence-corrected chi connectivity index (χ1v) is 5.47. The molecular formula is C11H13ClFNO2. The molecule has 1 heterocycles. The molecule has 0 spiro atoms. The van der Waals surface area contributed by atoms with Crippen LogP contribution in [0.1, 0.15) is 5.56 Å². The van der Waals surface area contributed by atoms with Crippen LogP contribution in [0.25, 0.3) is 0 Å². The van der Waals surface area contributed by atoms with Crippen LogP contribution in [0.3, 0.4) is 0 Å². The van der Waals surface area contributed by atoms with Crippen molar-refractivity contribution in [3.05, 3.63) is 34.6 Å². The van der Waals surface area contributed by atoms with Gasteiger partial charge in [0.1, 0.15) is 5.82 Å². The van der Waals surface area contributed by atoms with Gasteiger partial charge in [-0.2, -0.15) is 0 Å². The first-order valence-electron chi connectivity index (χ1n) is 5.09. The van der Waals surface area contributed by atoms with Gasteiger partial charge in [0.2, 0.25) is 0 Å². The highest BCUT2D eigenvalue weighted by atomic mass is 35.5. The first kappa shape index (κ1) is 11.8. The SMILES string of the molecule is OC1CN(Cc2c(F)cccc2Cl)CC1O. The van der Waals surface area contributed by atoms with Crippen LogP contribution in [-0.4, -0.2) is 40.4 Å². The van der Waals surface area contributed by atoms with E-state index in [-0.39, 0.29) is 5.82 Å². The second-order valence-corrected chi connectivity index (χ2v) is 4.44. The van der Waals surface area contributed by atoms with Gasteiger partial charge in [-0.3, -0.25) is 4.90 Å². The molecule has 1 aromatic carbocycles. The molecule has 1 fully saturated rings. The fraction of sp³-hybridized carbons (Fsp3) is 0.455. The molecule has 2 atom stereocenters. The zero-order valence-corrected chi connectivity index (χ0v) is 9.36. The number of hydrogen-bond donors (Lipinski definition) is 2. The smallest absolute Gasteiger partial charge is 0.129 e. The maximum absolute atomic E-state index is 13.5. The summed E-state index contributed by atoms with van der Waals surface area (Å²) in [5.41, 5.74) is 0.408. The molecule has 2 rings (SSSR count). The zero-order chi connectivity index (χ0) is 11.7. The van der Waals surface area contributed by atoms with Crippen LogP contribution >= 0.6 is 11.6 Å². The monoisotopic (exact) mass is 245 g/mol. The summed E-state index contributed by atoms with van der Waals surface area (Å²) in [6.07, 6.45) is -1.52. The van der Waals surface area contributed by atoms with Crippen LogP contribution in [0.2, 0.25) is 5.02 Å². The molecule has 0 aliphatic carbocycles. The van der Waals surface area contributed by atoms with Gasteiger partial charge in [0.25, 0.3) is 0 Å². The summed E-state index contributed by atoms with van der Waals surface area (Å²) < 4.78 is 13.5. The molecule has 0 bridgehead atoms. The number of aliphatic hydroxyl groups is 2. The van der Waals surface area contributed by atoms with Crippen LogP contribution in [0, 0.1) is 5.82 Å². The zero-order valence-electron chi connectivity index (χ0n) is 8.61. The molecule has 2 unspecified atom stereocenters. The molecule has 2 N–H and O–H groups in total. The molecule has 0 aromatic heterocycles. The van der Waals surface area contributed by atoms with Gasteiger partial charge in [0.05, 0.1) is 12.2 Å². The van der Waals surface area contributed by atoms with E-state index in [1.54, 1.807) is 17.0 Å². The average molecular weight is 246 g/mol. The van der Waals surface area contributed by atoms with E-state index in [4.69, 9.17) is 11.6 Å². The Bertz CT molecular complexity index is 358. The molecule has 3 nitrogen and oxygen atoms in total. The van der Waals surface area contributed by atoms with E-state index in [0.717, 1.165) is 0 Å². The summed E-state index contributed by atoms with van der Waals surface area (Å²) in [6, 6.07) is 4.53. The molecule has 88 valence electrons. The Labute approximate surface area is 98.1 Å². The number of rotatable bonds is 2. The van der Waals surface area contributed by atoms with Gasteiger partial charge in [0.15, 0.2) is 0 Å². The van der Waals surface area contributed by atoms with Gasteiger partial charge in [-0.05, 0) is 12.1 Å². The Kier molecular flexibility index (Phi) is 3.44. The quantitative estimate of drug-likeness (QED) is 0.818. The van der Waals surface area contributed by atoms with E-state index < -0.39 is 12.2 Å². The lowest BCUT2D eigenvalue weighted by atomic mass is 10.2. The van der Waals surface area contributed by atoms with Crippen molar-refractivity contribution in [2.24, 2.45) is 0 Å². The topological polar surface area (TPSA) is 43.7 Å². The van der Waals surface area contributed by atoms with Gasteiger partial charge >= 0.3 is 0 Å². The molecule has 5 heteroatoms. The third kappa shape index (κ3) is 2.35. The number of nitrogens with zero attached hydrogens (tertiary/aromatic N) is 1. The molecule has 0 radical (unpaired) electrons. The van der Waals surface area contributed by atoms with Crippen molar-refractivity contribution in [3.8, 4) is 0 Å². The Morgan fingerprint density at radius 1 is 1.31 bits per heavy atom. The standard InChI is InChI=1S/C11H13ClFNO2/c12-8-2-1-3-9(13)7(8)4-14-5-10(15)11(16)6-14/h1-3,10-11,15-16H,4-6H2. The largest absolute Gasteiger partial charge is 0.389 e.